The minimum Gasteiger partial charge on any atom is -0.487 e. The Labute approximate surface area is 88.5 Å². The lowest BCUT2D eigenvalue weighted by molar-refractivity contribution is 0.283. The second-order valence-corrected chi connectivity index (χ2v) is 3.62. The third kappa shape index (κ3) is 4.50. The van der Waals surface area contributed by atoms with Crippen LogP contribution >= 0.6 is 21.6 Å². The summed E-state index contributed by atoms with van der Waals surface area (Å²) in [5, 5.41) is 0. The zero-order valence-corrected chi connectivity index (χ0v) is 9.96. The normalized spacial score (nSPS) is 11.6. The van der Waals surface area contributed by atoms with Crippen LogP contribution in [0.25, 0.3) is 0 Å². The Morgan fingerprint density at radius 2 is 1.85 bits per heavy atom. The van der Waals surface area contributed by atoms with Crippen LogP contribution in [-0.4, -0.2) is 5.85 Å². The first-order chi connectivity index (χ1) is 5.72. The molecule has 0 aliphatic carbocycles. The zero-order chi connectivity index (χ0) is 8.97. The molecule has 0 bridgehead atoms. The van der Waals surface area contributed by atoms with Crippen LogP contribution in [-0.2, 0) is 0 Å². The minimum absolute atomic E-state index is 0. The Hall–Kier alpha value is -0.260. The van der Waals surface area contributed by atoms with Crippen molar-refractivity contribution in [2.24, 2.45) is 0 Å². The van der Waals surface area contributed by atoms with E-state index in [2.05, 4.69) is 35.2 Å². The fourth-order valence-electron chi connectivity index (χ4n) is 0.875. The summed E-state index contributed by atoms with van der Waals surface area (Å²) < 4.78 is 5.58. The minimum atomic E-state index is 0. The Balaban J connectivity index is 0.00000144. The molecule has 74 valence electrons. The van der Waals surface area contributed by atoms with Crippen LogP contribution in [0.15, 0.2) is 24.3 Å². The number of rotatable bonds is 3. The summed E-state index contributed by atoms with van der Waals surface area (Å²) in [6, 6.07) is 8.12. The van der Waals surface area contributed by atoms with Gasteiger partial charge in [-0.3, -0.25) is 0 Å². The summed E-state index contributed by atoms with van der Waals surface area (Å²) in [7, 11) is 2.67. The molecule has 0 N–H and O–H groups in total. The topological polar surface area (TPSA) is 9.23 Å². The molecule has 0 saturated carbocycles. The number of benzene rings is 1. The van der Waals surface area contributed by atoms with Crippen LogP contribution in [0.1, 0.15) is 18.9 Å². The van der Waals surface area contributed by atoms with Crippen molar-refractivity contribution in [3.8, 4) is 5.75 Å². The summed E-state index contributed by atoms with van der Waals surface area (Å²) >= 11 is 0. The maximum atomic E-state index is 5.58. The van der Waals surface area contributed by atoms with Crippen LogP contribution in [0.4, 0.5) is 0 Å². The Morgan fingerprint density at radius 3 is 2.31 bits per heavy atom. The molecule has 13 heavy (non-hydrogen) atoms. The molecule has 1 nitrogen and oxygen atoms in total. The third-order valence-corrected chi connectivity index (χ3v) is 2.32. The Bertz CT molecular complexity index is 235. The highest BCUT2D eigenvalue weighted by Crippen LogP contribution is 2.16. The van der Waals surface area contributed by atoms with Crippen molar-refractivity contribution in [2.45, 2.75) is 26.1 Å². The fraction of sp³-hybridized carbons (Fsp3) is 0.400. The van der Waals surface area contributed by atoms with Crippen LogP contribution in [0, 0.1) is 6.92 Å². The van der Waals surface area contributed by atoms with E-state index in [1.54, 1.807) is 0 Å². The van der Waals surface area contributed by atoms with Gasteiger partial charge in [-0.1, -0.05) is 33.9 Å². The molecular weight excluding hydrogens is 203 g/mol. The van der Waals surface area contributed by atoms with E-state index < -0.39 is 0 Å². The van der Waals surface area contributed by atoms with Gasteiger partial charge in [-0.15, -0.1) is 12.4 Å². The highest BCUT2D eigenvalue weighted by molar-refractivity contribution is 7.17. The highest BCUT2D eigenvalue weighted by Gasteiger charge is 1.99. The zero-order valence-electron chi connectivity index (χ0n) is 7.99. The molecule has 0 aliphatic heterocycles. The molecule has 1 aromatic carbocycles. The van der Waals surface area contributed by atoms with Crippen molar-refractivity contribution in [1.82, 2.24) is 0 Å². The van der Waals surface area contributed by atoms with Crippen molar-refractivity contribution >= 4 is 21.6 Å². The molecule has 0 saturated heterocycles. The SMILES string of the molecule is CCC(P)Oc1ccc(C)cc1.Cl. The second-order valence-electron chi connectivity index (χ2n) is 2.88. The van der Waals surface area contributed by atoms with Gasteiger partial charge in [0.2, 0.25) is 0 Å². The van der Waals surface area contributed by atoms with Crippen LogP contribution in [0.2, 0.25) is 0 Å². The molecular formula is C10H16ClOP. The average molecular weight is 219 g/mol. The van der Waals surface area contributed by atoms with Gasteiger partial charge in [0.1, 0.15) is 11.6 Å². The number of halogens is 1. The first-order valence-corrected chi connectivity index (χ1v) is 4.88. The smallest absolute Gasteiger partial charge is 0.120 e. The van der Waals surface area contributed by atoms with E-state index in [0.717, 1.165) is 12.2 Å². The van der Waals surface area contributed by atoms with Gasteiger partial charge < -0.3 is 4.74 Å². The monoisotopic (exact) mass is 218 g/mol. The fourth-order valence-corrected chi connectivity index (χ4v) is 1.03. The van der Waals surface area contributed by atoms with Gasteiger partial charge in [-0.25, -0.2) is 0 Å². The summed E-state index contributed by atoms with van der Waals surface area (Å²) in [5.41, 5.74) is 1.26. The molecule has 0 heterocycles. The number of aryl methyl sites for hydroxylation is 1. The van der Waals surface area contributed by atoms with Gasteiger partial charge in [0.05, 0.1) is 0 Å². The van der Waals surface area contributed by atoms with E-state index >= 15 is 0 Å². The van der Waals surface area contributed by atoms with Crippen LogP contribution in [0.5, 0.6) is 5.75 Å². The summed E-state index contributed by atoms with van der Waals surface area (Å²) in [4.78, 5) is 0. The van der Waals surface area contributed by atoms with Gasteiger partial charge in [-0.05, 0) is 25.5 Å². The quantitative estimate of drug-likeness (QED) is 0.707. The third-order valence-electron chi connectivity index (χ3n) is 1.71. The standard InChI is InChI=1S/C10H15OP.ClH/c1-3-10(12)11-9-6-4-8(2)5-7-9;/h4-7,10H,3,12H2,1-2H3;1H. The number of hydrogen-bond donors (Lipinski definition) is 0. The van der Waals surface area contributed by atoms with Gasteiger partial charge in [0, 0.05) is 0 Å². The molecule has 3 heteroatoms. The first kappa shape index (κ1) is 12.7. The summed E-state index contributed by atoms with van der Waals surface area (Å²) in [5.74, 6) is 1.18. The Morgan fingerprint density at radius 1 is 1.31 bits per heavy atom. The summed E-state index contributed by atoms with van der Waals surface area (Å²) in [6.45, 7) is 4.17. The lowest BCUT2D eigenvalue weighted by Crippen LogP contribution is -2.05. The number of hydrogen-bond acceptors (Lipinski definition) is 1. The predicted molar refractivity (Wildman–Crippen MR) is 62.8 cm³/mol. The molecule has 0 aromatic heterocycles. The van der Waals surface area contributed by atoms with Crippen molar-refractivity contribution in [1.29, 1.82) is 0 Å². The molecule has 1 rings (SSSR count). The van der Waals surface area contributed by atoms with Crippen molar-refractivity contribution in [2.75, 3.05) is 0 Å². The highest BCUT2D eigenvalue weighted by atomic mass is 35.5. The van der Waals surface area contributed by atoms with Crippen LogP contribution in [0.3, 0.4) is 0 Å². The van der Waals surface area contributed by atoms with Crippen LogP contribution < -0.4 is 4.74 Å². The van der Waals surface area contributed by atoms with Gasteiger partial charge in [-0.2, -0.15) is 0 Å². The Kier molecular flexibility index (Phi) is 6.11. The molecule has 0 fully saturated rings. The molecule has 0 radical (unpaired) electrons. The summed E-state index contributed by atoms with van der Waals surface area (Å²) in [6.07, 6.45) is 1.01. The maximum Gasteiger partial charge on any atom is 0.120 e. The maximum absolute atomic E-state index is 5.58. The van der Waals surface area contributed by atoms with Crippen molar-refractivity contribution in [3.05, 3.63) is 29.8 Å². The first-order valence-electron chi connectivity index (χ1n) is 4.21. The molecule has 2 atom stereocenters. The molecule has 0 aliphatic rings. The van der Waals surface area contributed by atoms with Crippen molar-refractivity contribution in [3.63, 3.8) is 0 Å². The largest absolute Gasteiger partial charge is 0.487 e. The molecule has 0 spiro atoms. The van der Waals surface area contributed by atoms with E-state index in [0.29, 0.717) is 0 Å². The predicted octanol–water partition coefficient (Wildman–Crippen LogP) is 3.41. The second kappa shape index (κ2) is 6.23. The average Bonchev–Trinajstić information content (AvgIpc) is 2.09. The lowest BCUT2D eigenvalue weighted by atomic mass is 10.2. The van der Waals surface area contributed by atoms with E-state index in [4.69, 9.17) is 4.74 Å². The van der Waals surface area contributed by atoms with E-state index in [9.17, 15) is 0 Å². The molecule has 2 unspecified atom stereocenters. The van der Waals surface area contributed by atoms with Crippen molar-refractivity contribution < 1.29 is 4.74 Å². The van der Waals surface area contributed by atoms with E-state index in [-0.39, 0.29) is 18.3 Å². The van der Waals surface area contributed by atoms with Gasteiger partial charge >= 0.3 is 0 Å². The van der Waals surface area contributed by atoms with E-state index in [1.807, 2.05) is 12.1 Å². The number of ether oxygens (including phenoxy) is 1. The lowest BCUT2D eigenvalue weighted by Gasteiger charge is -2.11. The van der Waals surface area contributed by atoms with Gasteiger partial charge in [0.25, 0.3) is 0 Å². The molecule has 1 aromatic rings. The van der Waals surface area contributed by atoms with Gasteiger partial charge in [0.15, 0.2) is 0 Å². The van der Waals surface area contributed by atoms with E-state index in [1.165, 1.54) is 5.56 Å². The molecule has 0 amide bonds.